The molecule has 7 nitrogen and oxygen atoms in total. The van der Waals surface area contributed by atoms with Crippen LogP contribution in [0.3, 0.4) is 0 Å². The van der Waals surface area contributed by atoms with Gasteiger partial charge >= 0.3 is 0 Å². The Kier molecular flexibility index (Phi) is 8.67. The van der Waals surface area contributed by atoms with E-state index in [1.807, 2.05) is 0 Å². The predicted octanol–water partition coefficient (Wildman–Crippen LogP) is -2.02. The second-order valence-corrected chi connectivity index (χ2v) is 5.33. The third-order valence-electron chi connectivity index (χ3n) is 2.76. The number of hydrogen-bond donors (Lipinski definition) is 5. The SMILES string of the molecule is CC(C)[C@@H](O)[C@H](O)[C@@H](O)[C@@H](O)COC(O)CN(C)C. The Morgan fingerprint density at radius 1 is 0.895 bits per heavy atom. The van der Waals surface area contributed by atoms with Gasteiger partial charge in [0.15, 0.2) is 6.29 Å². The molecule has 0 aliphatic carbocycles. The second-order valence-electron chi connectivity index (χ2n) is 5.33. The molecule has 0 heterocycles. The van der Waals surface area contributed by atoms with E-state index in [4.69, 9.17) is 4.74 Å². The van der Waals surface area contributed by atoms with Crippen LogP contribution in [0.1, 0.15) is 13.8 Å². The van der Waals surface area contributed by atoms with Gasteiger partial charge in [-0.25, -0.2) is 0 Å². The number of ether oxygens (including phenoxy) is 1. The van der Waals surface area contributed by atoms with Gasteiger partial charge in [0.1, 0.15) is 18.3 Å². The molecule has 0 saturated heterocycles. The van der Waals surface area contributed by atoms with E-state index in [0.29, 0.717) is 0 Å². The molecule has 0 aromatic carbocycles. The number of hydrogen-bond acceptors (Lipinski definition) is 7. The van der Waals surface area contributed by atoms with Gasteiger partial charge < -0.3 is 35.2 Å². The third kappa shape index (κ3) is 7.17. The lowest BCUT2D eigenvalue weighted by Crippen LogP contribution is -2.48. The summed E-state index contributed by atoms with van der Waals surface area (Å²) in [5.41, 5.74) is 0. The van der Waals surface area contributed by atoms with Crippen molar-refractivity contribution in [3.63, 3.8) is 0 Å². The average molecular weight is 281 g/mol. The Labute approximate surface area is 114 Å². The number of nitrogens with zero attached hydrogens (tertiary/aromatic N) is 1. The standard InChI is InChI=1S/C12H27NO6/c1-7(2)10(16)12(18)11(17)8(14)6-19-9(15)5-13(3)4/h7-12,14-18H,5-6H2,1-4H3/t8-,9?,10+,11-,12-/m0/s1. The van der Waals surface area contributed by atoms with Gasteiger partial charge in [-0.1, -0.05) is 13.8 Å². The lowest BCUT2D eigenvalue weighted by Gasteiger charge is -2.29. The molecule has 116 valence electrons. The topological polar surface area (TPSA) is 114 Å². The van der Waals surface area contributed by atoms with Crippen LogP contribution in [0.15, 0.2) is 0 Å². The predicted molar refractivity (Wildman–Crippen MR) is 69.4 cm³/mol. The van der Waals surface area contributed by atoms with Crippen LogP contribution in [0.25, 0.3) is 0 Å². The van der Waals surface area contributed by atoms with E-state index in [0.717, 1.165) is 0 Å². The molecule has 7 heteroatoms. The Balaban J connectivity index is 4.15. The molecule has 0 aromatic heterocycles. The molecule has 0 amide bonds. The fraction of sp³-hybridized carbons (Fsp3) is 1.00. The first kappa shape index (κ1) is 18.7. The zero-order valence-electron chi connectivity index (χ0n) is 12.0. The molecular weight excluding hydrogens is 254 g/mol. The van der Waals surface area contributed by atoms with Crippen LogP contribution >= 0.6 is 0 Å². The van der Waals surface area contributed by atoms with Crippen molar-refractivity contribution in [2.45, 2.75) is 44.6 Å². The highest BCUT2D eigenvalue weighted by atomic mass is 16.6. The minimum Gasteiger partial charge on any atom is -0.390 e. The lowest BCUT2D eigenvalue weighted by molar-refractivity contribution is -0.166. The molecule has 0 radical (unpaired) electrons. The highest BCUT2D eigenvalue weighted by Crippen LogP contribution is 2.12. The first-order valence-corrected chi connectivity index (χ1v) is 6.33. The van der Waals surface area contributed by atoms with Crippen molar-refractivity contribution < 1.29 is 30.3 Å². The largest absolute Gasteiger partial charge is 0.390 e. The van der Waals surface area contributed by atoms with Gasteiger partial charge in [-0.2, -0.15) is 0 Å². The lowest BCUT2D eigenvalue weighted by atomic mass is 9.95. The van der Waals surface area contributed by atoms with E-state index in [9.17, 15) is 25.5 Å². The minimum absolute atomic E-state index is 0.250. The van der Waals surface area contributed by atoms with Crippen molar-refractivity contribution >= 4 is 0 Å². The molecule has 0 bridgehead atoms. The molecule has 0 aliphatic heterocycles. The van der Waals surface area contributed by atoms with Gasteiger partial charge in [0.25, 0.3) is 0 Å². The quantitative estimate of drug-likeness (QED) is 0.310. The van der Waals surface area contributed by atoms with Gasteiger partial charge in [0, 0.05) is 6.54 Å². The van der Waals surface area contributed by atoms with Crippen molar-refractivity contribution in [1.29, 1.82) is 0 Å². The van der Waals surface area contributed by atoms with Gasteiger partial charge in [-0.05, 0) is 20.0 Å². The monoisotopic (exact) mass is 281 g/mol. The van der Waals surface area contributed by atoms with E-state index >= 15 is 0 Å². The summed E-state index contributed by atoms with van der Waals surface area (Å²) >= 11 is 0. The Bertz CT molecular complexity index is 238. The number of aliphatic hydroxyl groups excluding tert-OH is 5. The molecule has 19 heavy (non-hydrogen) atoms. The van der Waals surface area contributed by atoms with E-state index in [1.54, 1.807) is 32.8 Å². The van der Waals surface area contributed by atoms with Crippen LogP contribution in [-0.2, 0) is 4.74 Å². The van der Waals surface area contributed by atoms with Crippen molar-refractivity contribution in [3.05, 3.63) is 0 Å². The molecule has 0 rings (SSSR count). The Morgan fingerprint density at radius 2 is 1.42 bits per heavy atom. The van der Waals surface area contributed by atoms with Crippen LogP contribution in [-0.4, -0.2) is 88.4 Å². The van der Waals surface area contributed by atoms with E-state index in [-0.39, 0.29) is 19.1 Å². The Morgan fingerprint density at radius 3 is 1.84 bits per heavy atom. The maximum absolute atomic E-state index is 9.67. The highest BCUT2D eigenvalue weighted by Gasteiger charge is 2.32. The first-order valence-electron chi connectivity index (χ1n) is 6.33. The maximum atomic E-state index is 9.67. The first-order chi connectivity index (χ1) is 8.66. The summed E-state index contributed by atoms with van der Waals surface area (Å²) in [4.78, 5) is 1.70. The second kappa shape index (κ2) is 8.80. The van der Waals surface area contributed by atoms with Gasteiger partial charge in [0.2, 0.25) is 0 Å². The summed E-state index contributed by atoms with van der Waals surface area (Å²) in [7, 11) is 3.50. The van der Waals surface area contributed by atoms with Crippen molar-refractivity contribution in [3.8, 4) is 0 Å². The summed E-state index contributed by atoms with van der Waals surface area (Å²) in [6.07, 6.45) is -6.63. The van der Waals surface area contributed by atoms with Crippen molar-refractivity contribution in [2.24, 2.45) is 5.92 Å². The van der Waals surface area contributed by atoms with E-state index in [1.165, 1.54) is 0 Å². The van der Waals surface area contributed by atoms with Crippen LogP contribution in [0.5, 0.6) is 0 Å². The summed E-state index contributed by atoms with van der Waals surface area (Å²) in [5.74, 6) is -0.253. The normalized spacial score (nSPS) is 20.4. The van der Waals surface area contributed by atoms with E-state index in [2.05, 4.69) is 0 Å². The molecule has 0 fully saturated rings. The maximum Gasteiger partial charge on any atom is 0.167 e. The molecule has 0 saturated carbocycles. The fourth-order valence-corrected chi connectivity index (χ4v) is 1.50. The summed E-state index contributed by atoms with van der Waals surface area (Å²) < 4.78 is 4.94. The summed E-state index contributed by atoms with van der Waals surface area (Å²) in [6, 6.07) is 0. The van der Waals surface area contributed by atoms with Gasteiger partial charge in [-0.15, -0.1) is 0 Å². The molecule has 0 aromatic rings. The molecule has 1 unspecified atom stereocenters. The molecule has 5 N–H and O–H groups in total. The van der Waals surface area contributed by atoms with Crippen LogP contribution in [0.2, 0.25) is 0 Å². The van der Waals surface area contributed by atoms with Gasteiger partial charge in [0.05, 0.1) is 12.7 Å². The van der Waals surface area contributed by atoms with Gasteiger partial charge in [-0.3, -0.25) is 0 Å². The summed E-state index contributed by atoms with van der Waals surface area (Å²) in [6.45, 7) is 3.28. The zero-order valence-corrected chi connectivity index (χ0v) is 12.0. The molecule has 0 spiro atoms. The van der Waals surface area contributed by atoms with Crippen LogP contribution in [0.4, 0.5) is 0 Å². The van der Waals surface area contributed by atoms with E-state index < -0.39 is 30.7 Å². The smallest absolute Gasteiger partial charge is 0.167 e. The number of likely N-dealkylation sites (N-methyl/N-ethyl adjacent to an activating group) is 1. The van der Waals surface area contributed by atoms with Crippen LogP contribution < -0.4 is 0 Å². The fourth-order valence-electron chi connectivity index (χ4n) is 1.50. The van der Waals surface area contributed by atoms with Crippen molar-refractivity contribution in [2.75, 3.05) is 27.2 Å². The zero-order chi connectivity index (χ0) is 15.2. The minimum atomic E-state index is -1.54. The number of rotatable bonds is 9. The average Bonchev–Trinajstić information content (AvgIpc) is 2.32. The number of aliphatic hydroxyl groups is 5. The van der Waals surface area contributed by atoms with Crippen molar-refractivity contribution in [1.82, 2.24) is 4.90 Å². The molecule has 5 atom stereocenters. The highest BCUT2D eigenvalue weighted by molar-refractivity contribution is 4.82. The van der Waals surface area contributed by atoms with Crippen LogP contribution in [0, 0.1) is 5.92 Å². The third-order valence-corrected chi connectivity index (χ3v) is 2.76. The summed E-state index contributed by atoms with van der Waals surface area (Å²) in [5, 5.41) is 48.0. The molecular formula is C12H27NO6. The molecule has 0 aliphatic rings. The Hall–Kier alpha value is -0.280.